The minimum atomic E-state index is -0.338. The molecule has 2 aliphatic heterocycles. The summed E-state index contributed by atoms with van der Waals surface area (Å²) in [5, 5.41) is 0. The van der Waals surface area contributed by atoms with Crippen molar-refractivity contribution in [2.45, 2.75) is 6.42 Å². The molecular weight excluding hydrogens is 166 g/mol. The maximum Gasteiger partial charge on any atom is 0.223 e. The molecule has 0 aromatic carbocycles. The van der Waals surface area contributed by atoms with Crippen LogP contribution in [0.2, 0.25) is 0 Å². The Bertz CT molecular complexity index is 407. The summed E-state index contributed by atoms with van der Waals surface area (Å²) in [4.78, 5) is 17.8. The number of nitrogens with two attached hydrogens (primary N) is 1. The van der Waals surface area contributed by atoms with Gasteiger partial charge in [-0.05, 0) is 18.2 Å². The lowest BCUT2D eigenvalue weighted by Gasteiger charge is -2.02. The molecule has 0 aliphatic carbocycles. The molecule has 2 rings (SSSR count). The standard InChI is InChI=1S/C9H9N3O/c10-9(13)5-6-1-2-7-8(12-6)3-4-11-7/h1-4,12H,5H2,(H2,10,13). The number of carbonyl (C=O) groups excluding carboxylic acids is 1. The number of nitrogens with one attached hydrogen (secondary N) is 1. The topological polar surface area (TPSA) is 71.8 Å². The predicted molar refractivity (Wildman–Crippen MR) is 48.1 cm³/mol. The molecule has 0 radical (unpaired) electrons. The molecule has 2 heterocycles. The van der Waals surface area contributed by atoms with Gasteiger partial charge in [0.05, 0.1) is 17.8 Å². The molecule has 0 spiro atoms. The van der Waals surface area contributed by atoms with Crippen molar-refractivity contribution in [3.05, 3.63) is 30.1 Å². The molecule has 0 aromatic heterocycles. The van der Waals surface area contributed by atoms with Gasteiger partial charge in [0.2, 0.25) is 5.91 Å². The minimum Gasteiger partial charge on any atom is -0.369 e. The number of amides is 1. The number of hydrogen-bond acceptors (Lipinski definition) is 2. The average molecular weight is 175 g/mol. The van der Waals surface area contributed by atoms with Crippen LogP contribution < -0.4 is 5.73 Å². The van der Waals surface area contributed by atoms with Crippen LogP contribution in [0.15, 0.2) is 24.4 Å². The molecule has 66 valence electrons. The smallest absolute Gasteiger partial charge is 0.223 e. The van der Waals surface area contributed by atoms with E-state index in [1.54, 1.807) is 6.20 Å². The molecule has 13 heavy (non-hydrogen) atoms. The largest absolute Gasteiger partial charge is 0.369 e. The molecule has 0 saturated heterocycles. The maximum absolute atomic E-state index is 10.6. The molecule has 2 aliphatic rings. The zero-order valence-corrected chi connectivity index (χ0v) is 6.95. The van der Waals surface area contributed by atoms with Crippen LogP contribution in [0.1, 0.15) is 5.69 Å². The highest BCUT2D eigenvalue weighted by Crippen LogP contribution is 2.16. The summed E-state index contributed by atoms with van der Waals surface area (Å²) in [6, 6.07) is 5.55. The normalized spacial score (nSPS) is 10.5. The lowest BCUT2D eigenvalue weighted by atomic mass is 10.2. The molecule has 4 nitrogen and oxygen atoms in total. The monoisotopic (exact) mass is 175 g/mol. The van der Waals surface area contributed by atoms with Crippen molar-refractivity contribution < 1.29 is 4.79 Å². The molecule has 4 heteroatoms. The number of aromatic nitrogens is 2. The third-order valence-electron chi connectivity index (χ3n) is 1.83. The summed E-state index contributed by atoms with van der Waals surface area (Å²) in [5.74, 6) is -0.338. The highest BCUT2D eigenvalue weighted by molar-refractivity contribution is 5.76. The van der Waals surface area contributed by atoms with E-state index in [2.05, 4.69) is 9.97 Å². The first-order chi connectivity index (χ1) is 6.25. The van der Waals surface area contributed by atoms with Gasteiger partial charge in [-0.1, -0.05) is 0 Å². The summed E-state index contributed by atoms with van der Waals surface area (Å²) in [5.41, 5.74) is 7.71. The molecule has 3 N–H and O–H groups in total. The van der Waals surface area contributed by atoms with E-state index in [0.29, 0.717) is 0 Å². The van der Waals surface area contributed by atoms with Gasteiger partial charge in [0.25, 0.3) is 0 Å². The molecule has 1 amide bonds. The van der Waals surface area contributed by atoms with Gasteiger partial charge in [-0.15, -0.1) is 0 Å². The van der Waals surface area contributed by atoms with Crippen molar-refractivity contribution >= 4 is 5.91 Å². The lowest BCUT2D eigenvalue weighted by molar-refractivity contribution is -0.117. The third-order valence-corrected chi connectivity index (χ3v) is 1.83. The van der Waals surface area contributed by atoms with Crippen LogP contribution in [0.4, 0.5) is 0 Å². The van der Waals surface area contributed by atoms with Gasteiger partial charge in [-0.3, -0.25) is 9.78 Å². The van der Waals surface area contributed by atoms with Gasteiger partial charge in [-0.2, -0.15) is 0 Å². The fraction of sp³-hybridized carbons (Fsp3) is 0.111. The number of nitrogens with zero attached hydrogens (tertiary/aromatic N) is 1. The van der Waals surface area contributed by atoms with Crippen molar-refractivity contribution in [2.24, 2.45) is 5.73 Å². The van der Waals surface area contributed by atoms with Crippen LogP contribution >= 0.6 is 0 Å². The van der Waals surface area contributed by atoms with E-state index in [9.17, 15) is 4.79 Å². The average Bonchev–Trinajstić information content (AvgIpc) is 2.49. The molecule has 0 fully saturated rings. The fourth-order valence-electron chi connectivity index (χ4n) is 1.27. The molecule has 0 atom stereocenters. The van der Waals surface area contributed by atoms with Crippen molar-refractivity contribution in [3.8, 4) is 11.4 Å². The highest BCUT2D eigenvalue weighted by Gasteiger charge is 2.05. The van der Waals surface area contributed by atoms with Crippen molar-refractivity contribution in [2.75, 3.05) is 0 Å². The second-order valence-electron chi connectivity index (χ2n) is 2.87. The van der Waals surface area contributed by atoms with Crippen molar-refractivity contribution in [3.63, 3.8) is 0 Å². The van der Waals surface area contributed by atoms with Gasteiger partial charge >= 0.3 is 0 Å². The zero-order chi connectivity index (χ0) is 9.26. The summed E-state index contributed by atoms with van der Waals surface area (Å²) in [7, 11) is 0. The minimum absolute atomic E-state index is 0.237. The van der Waals surface area contributed by atoms with Crippen molar-refractivity contribution in [1.29, 1.82) is 0 Å². The Morgan fingerprint density at radius 1 is 1.46 bits per heavy atom. The first-order valence-electron chi connectivity index (χ1n) is 3.96. The molecule has 0 bridgehead atoms. The van der Waals surface area contributed by atoms with Crippen LogP contribution in [-0.2, 0) is 11.2 Å². The summed E-state index contributed by atoms with van der Waals surface area (Å²) in [6.07, 6.45) is 1.95. The molecule has 0 saturated carbocycles. The Hall–Kier alpha value is -1.84. The number of carbonyl (C=O) groups is 1. The first-order valence-corrected chi connectivity index (χ1v) is 3.96. The van der Waals surface area contributed by atoms with Gasteiger partial charge in [0.1, 0.15) is 0 Å². The number of rotatable bonds is 2. The second kappa shape index (κ2) is 2.90. The Labute approximate surface area is 75.1 Å². The summed E-state index contributed by atoms with van der Waals surface area (Å²) >= 11 is 0. The van der Waals surface area contributed by atoms with Crippen LogP contribution in [-0.4, -0.2) is 15.9 Å². The van der Waals surface area contributed by atoms with E-state index in [1.165, 1.54) is 0 Å². The highest BCUT2D eigenvalue weighted by atomic mass is 16.1. The number of fused-ring (bicyclic) bond motifs is 1. The first kappa shape index (κ1) is 7.79. The summed E-state index contributed by atoms with van der Waals surface area (Å²) < 4.78 is 0. The predicted octanol–water partition coefficient (Wildman–Crippen LogP) is 0.542. The molecular formula is C9H9N3O. The summed E-state index contributed by atoms with van der Waals surface area (Å²) in [6.45, 7) is 0. The van der Waals surface area contributed by atoms with Crippen LogP contribution in [0.25, 0.3) is 11.4 Å². The van der Waals surface area contributed by atoms with Crippen LogP contribution in [0.3, 0.4) is 0 Å². The van der Waals surface area contributed by atoms with E-state index in [1.807, 2.05) is 18.2 Å². The van der Waals surface area contributed by atoms with Crippen LogP contribution in [0, 0.1) is 0 Å². The third kappa shape index (κ3) is 1.51. The maximum atomic E-state index is 10.6. The Morgan fingerprint density at radius 3 is 3.08 bits per heavy atom. The number of hydrogen-bond donors (Lipinski definition) is 2. The quantitative estimate of drug-likeness (QED) is 0.699. The van der Waals surface area contributed by atoms with Gasteiger partial charge in [0, 0.05) is 11.9 Å². The number of pyridine rings is 1. The van der Waals surface area contributed by atoms with E-state index in [-0.39, 0.29) is 12.3 Å². The number of primary amides is 1. The SMILES string of the molecule is NC(=O)Cc1ccc2nccc-2[nH]1. The van der Waals surface area contributed by atoms with E-state index < -0.39 is 0 Å². The van der Waals surface area contributed by atoms with Crippen molar-refractivity contribution in [1.82, 2.24) is 9.97 Å². The van der Waals surface area contributed by atoms with E-state index in [4.69, 9.17) is 5.73 Å². The molecule has 0 aromatic rings. The Morgan fingerprint density at radius 2 is 2.31 bits per heavy atom. The second-order valence-corrected chi connectivity index (χ2v) is 2.87. The van der Waals surface area contributed by atoms with Gasteiger partial charge in [-0.25, -0.2) is 0 Å². The van der Waals surface area contributed by atoms with Gasteiger partial charge in [0.15, 0.2) is 0 Å². The number of aromatic amines is 1. The zero-order valence-electron chi connectivity index (χ0n) is 6.95. The van der Waals surface area contributed by atoms with E-state index in [0.717, 1.165) is 17.1 Å². The number of H-pyrrole nitrogens is 1. The fourth-order valence-corrected chi connectivity index (χ4v) is 1.27. The molecule has 0 unspecified atom stereocenters. The van der Waals surface area contributed by atoms with E-state index >= 15 is 0 Å². The lowest BCUT2D eigenvalue weighted by Crippen LogP contribution is -2.14. The Balaban J connectivity index is 2.38. The van der Waals surface area contributed by atoms with Crippen LogP contribution in [0.5, 0.6) is 0 Å². The Kier molecular flexibility index (Phi) is 1.73. The van der Waals surface area contributed by atoms with Gasteiger partial charge < -0.3 is 10.7 Å².